The first-order chi connectivity index (χ1) is 16.8. The van der Waals surface area contributed by atoms with Crippen LogP contribution in [0.5, 0.6) is 5.75 Å². The molecule has 0 saturated carbocycles. The molecule has 1 N–H and O–H groups in total. The van der Waals surface area contributed by atoms with Crippen molar-refractivity contribution in [2.45, 2.75) is 32.8 Å². The number of likely N-dealkylation sites (tertiary alicyclic amines) is 1. The van der Waals surface area contributed by atoms with Crippen molar-refractivity contribution in [2.75, 3.05) is 43.5 Å². The van der Waals surface area contributed by atoms with E-state index in [9.17, 15) is 4.79 Å². The number of anilines is 2. The van der Waals surface area contributed by atoms with Gasteiger partial charge in [0, 0.05) is 47.9 Å². The molecule has 2 aliphatic rings. The molecule has 2 aromatic rings. The van der Waals surface area contributed by atoms with Crippen molar-refractivity contribution in [1.29, 1.82) is 0 Å². The van der Waals surface area contributed by atoms with Crippen LogP contribution in [0, 0.1) is 19.3 Å². The molecule has 35 heavy (non-hydrogen) atoms. The minimum Gasteiger partial charge on any atom is -0.494 e. The second-order valence-corrected chi connectivity index (χ2v) is 9.00. The molecule has 1 spiro atoms. The van der Waals surface area contributed by atoms with Gasteiger partial charge in [0.2, 0.25) is 0 Å². The number of aliphatic imine (C=N–C) groups is 1. The molecule has 182 valence electrons. The standard InChI is InChI=1S/C28H32N4O3/c1-7-13-31-16-28(17-31)18-32(27(33)35-28)25-14-22(24(29-9-3)15-26(25)34-6)20(5)30-23-12-10-11-21(8-2)19(23)4/h2,9-12,14-15,30H,5,7,13,16-18H2,1,3-4,6H3. The van der Waals surface area contributed by atoms with Gasteiger partial charge in [0.15, 0.2) is 5.60 Å². The van der Waals surface area contributed by atoms with E-state index in [1.54, 1.807) is 18.2 Å². The van der Waals surface area contributed by atoms with E-state index in [4.69, 9.17) is 15.9 Å². The molecular formula is C28H32N4O3. The van der Waals surface area contributed by atoms with Crippen molar-refractivity contribution >= 4 is 35.1 Å². The van der Waals surface area contributed by atoms with Gasteiger partial charge in [-0.3, -0.25) is 14.8 Å². The van der Waals surface area contributed by atoms with E-state index in [1.807, 2.05) is 44.2 Å². The summed E-state index contributed by atoms with van der Waals surface area (Å²) >= 11 is 0. The number of hydrogen-bond acceptors (Lipinski definition) is 6. The Bertz CT molecular complexity index is 1220. The summed E-state index contributed by atoms with van der Waals surface area (Å²) in [5.74, 6) is 3.25. The van der Waals surface area contributed by atoms with E-state index in [1.165, 1.54) is 0 Å². The van der Waals surface area contributed by atoms with Gasteiger partial charge < -0.3 is 14.8 Å². The van der Waals surface area contributed by atoms with Crippen LogP contribution in [0.2, 0.25) is 0 Å². The SMILES string of the molecule is C#Cc1cccc(NC(=C)c2cc(N3CC4(CN(CCC)C4)OC3=O)c(OC)cc2N=CC)c1C. The summed E-state index contributed by atoms with van der Waals surface area (Å²) in [6, 6.07) is 9.47. The smallest absolute Gasteiger partial charge is 0.415 e. The highest BCUT2D eigenvalue weighted by atomic mass is 16.6. The molecule has 2 fully saturated rings. The highest BCUT2D eigenvalue weighted by Crippen LogP contribution is 2.43. The second kappa shape index (κ2) is 9.85. The zero-order chi connectivity index (χ0) is 25.2. The summed E-state index contributed by atoms with van der Waals surface area (Å²) in [6.07, 6.45) is 8.06. The number of terminal acetylenes is 1. The van der Waals surface area contributed by atoms with Crippen LogP contribution in [-0.4, -0.2) is 56.1 Å². The fraction of sp³-hybridized carbons (Fsp3) is 0.357. The molecule has 0 aromatic heterocycles. The third kappa shape index (κ3) is 4.62. The minimum absolute atomic E-state index is 0.367. The number of methoxy groups -OCH3 is 1. The molecule has 2 aromatic carbocycles. The zero-order valence-electron chi connectivity index (χ0n) is 20.9. The van der Waals surface area contributed by atoms with E-state index in [2.05, 4.69) is 34.6 Å². The molecule has 1 amide bonds. The number of nitrogens with zero attached hydrogens (tertiary/aromatic N) is 3. The van der Waals surface area contributed by atoms with Crippen LogP contribution >= 0.6 is 0 Å². The Balaban J connectivity index is 1.68. The van der Waals surface area contributed by atoms with Crippen molar-refractivity contribution < 1.29 is 14.3 Å². The average Bonchev–Trinajstić information content (AvgIpc) is 3.17. The lowest BCUT2D eigenvalue weighted by Gasteiger charge is -2.45. The largest absolute Gasteiger partial charge is 0.494 e. The molecular weight excluding hydrogens is 440 g/mol. The lowest BCUT2D eigenvalue weighted by atomic mass is 9.93. The Morgan fingerprint density at radius 1 is 1.37 bits per heavy atom. The molecule has 2 aliphatic heterocycles. The Hall–Kier alpha value is -3.76. The fourth-order valence-corrected chi connectivity index (χ4v) is 4.79. The number of nitrogens with one attached hydrogen (secondary N) is 1. The summed E-state index contributed by atoms with van der Waals surface area (Å²) in [5.41, 5.74) is 4.84. The molecule has 2 heterocycles. The molecule has 7 nitrogen and oxygen atoms in total. The summed E-state index contributed by atoms with van der Waals surface area (Å²) in [5, 5.41) is 3.38. The van der Waals surface area contributed by atoms with Gasteiger partial charge in [0.25, 0.3) is 0 Å². The Morgan fingerprint density at radius 2 is 2.14 bits per heavy atom. The Kier molecular flexibility index (Phi) is 6.86. The summed E-state index contributed by atoms with van der Waals surface area (Å²) in [7, 11) is 1.59. The van der Waals surface area contributed by atoms with Crippen molar-refractivity contribution in [3.8, 4) is 18.1 Å². The normalized spacial score (nSPS) is 16.8. The van der Waals surface area contributed by atoms with Gasteiger partial charge in [-0.15, -0.1) is 6.42 Å². The lowest BCUT2D eigenvalue weighted by molar-refractivity contribution is -0.0720. The van der Waals surface area contributed by atoms with E-state index in [-0.39, 0.29) is 6.09 Å². The highest BCUT2D eigenvalue weighted by molar-refractivity contribution is 5.95. The van der Waals surface area contributed by atoms with Crippen LogP contribution in [-0.2, 0) is 4.74 Å². The number of carbonyl (C=O) groups excluding carboxylic acids is 1. The predicted molar refractivity (Wildman–Crippen MR) is 142 cm³/mol. The molecule has 0 aliphatic carbocycles. The van der Waals surface area contributed by atoms with Crippen molar-refractivity contribution in [2.24, 2.45) is 4.99 Å². The van der Waals surface area contributed by atoms with Gasteiger partial charge in [-0.05, 0) is 50.6 Å². The maximum Gasteiger partial charge on any atom is 0.415 e. The van der Waals surface area contributed by atoms with E-state index in [0.29, 0.717) is 29.4 Å². The van der Waals surface area contributed by atoms with Crippen LogP contribution in [0.15, 0.2) is 41.9 Å². The van der Waals surface area contributed by atoms with E-state index < -0.39 is 5.60 Å². The number of rotatable bonds is 8. The number of benzene rings is 2. The van der Waals surface area contributed by atoms with Crippen LogP contribution in [0.4, 0.5) is 21.9 Å². The van der Waals surface area contributed by atoms with Crippen LogP contribution in [0.1, 0.15) is 37.0 Å². The third-order valence-corrected chi connectivity index (χ3v) is 6.49. The first-order valence-corrected chi connectivity index (χ1v) is 11.8. The van der Waals surface area contributed by atoms with Gasteiger partial charge in [-0.2, -0.15) is 0 Å². The predicted octanol–water partition coefficient (Wildman–Crippen LogP) is 5.21. The maximum absolute atomic E-state index is 13.0. The van der Waals surface area contributed by atoms with Crippen LogP contribution < -0.4 is 15.0 Å². The monoisotopic (exact) mass is 472 g/mol. The second-order valence-electron chi connectivity index (χ2n) is 9.00. The first-order valence-electron chi connectivity index (χ1n) is 11.8. The van der Waals surface area contributed by atoms with Crippen LogP contribution in [0.3, 0.4) is 0 Å². The zero-order valence-corrected chi connectivity index (χ0v) is 20.9. The topological polar surface area (TPSA) is 66.4 Å². The Labute approximate surface area is 207 Å². The van der Waals surface area contributed by atoms with Gasteiger partial charge >= 0.3 is 6.09 Å². The van der Waals surface area contributed by atoms with Gasteiger partial charge in [-0.25, -0.2) is 4.79 Å². The molecule has 7 heteroatoms. The third-order valence-electron chi connectivity index (χ3n) is 6.49. The number of amides is 1. The van der Waals surface area contributed by atoms with Crippen molar-refractivity contribution in [1.82, 2.24) is 4.90 Å². The van der Waals surface area contributed by atoms with Crippen molar-refractivity contribution in [3.05, 3.63) is 53.6 Å². The van der Waals surface area contributed by atoms with Gasteiger partial charge in [-0.1, -0.05) is 25.5 Å². The van der Waals surface area contributed by atoms with Gasteiger partial charge in [0.1, 0.15) is 5.75 Å². The highest BCUT2D eigenvalue weighted by Gasteiger charge is 2.54. The summed E-state index contributed by atoms with van der Waals surface area (Å²) < 4.78 is 11.5. The molecule has 0 bridgehead atoms. The maximum atomic E-state index is 13.0. The molecule has 0 radical (unpaired) electrons. The fourth-order valence-electron chi connectivity index (χ4n) is 4.79. The molecule has 0 atom stereocenters. The van der Waals surface area contributed by atoms with Gasteiger partial charge in [0.05, 0.1) is 25.0 Å². The number of carbonyl (C=O) groups is 1. The van der Waals surface area contributed by atoms with E-state index >= 15 is 0 Å². The van der Waals surface area contributed by atoms with Crippen molar-refractivity contribution in [3.63, 3.8) is 0 Å². The summed E-state index contributed by atoms with van der Waals surface area (Å²) in [6.45, 7) is 13.2. The molecule has 4 rings (SSSR count). The quantitative estimate of drug-likeness (QED) is 0.422. The lowest BCUT2D eigenvalue weighted by Crippen LogP contribution is -2.63. The Morgan fingerprint density at radius 3 is 2.80 bits per heavy atom. The van der Waals surface area contributed by atoms with Crippen LogP contribution in [0.25, 0.3) is 5.70 Å². The minimum atomic E-state index is -0.473. The molecule has 2 saturated heterocycles. The summed E-state index contributed by atoms with van der Waals surface area (Å²) in [4.78, 5) is 21.4. The number of ether oxygens (including phenoxy) is 2. The van der Waals surface area contributed by atoms with E-state index in [0.717, 1.165) is 48.4 Å². The first kappa shape index (κ1) is 24.4. The number of hydrogen-bond donors (Lipinski definition) is 1. The average molecular weight is 473 g/mol. The molecule has 0 unspecified atom stereocenters.